The maximum Gasteiger partial charge on any atom is 0.409 e. The molecule has 9 heterocycles. The van der Waals surface area contributed by atoms with E-state index in [1.54, 1.807) is 53.6 Å². The first-order chi connectivity index (χ1) is 36.4. The standard InChI is InChI=1S/C56H56F2N10O7/c1-3-37-41(57)13-10-33-6-4-7-38(45(33)37)48-47(58)49-40(25-60-48)50(66-27-34-11-12-35(28-66)61-34)64-54(63-49)75-30-56-20-16-36(67(56)26-31(2)24-56)29-74-55(73)65-22-18-32(19-23-65)17-21-59-42-9-5-8-39-46(42)53(72)68(52(39)71)43-14-15-44(69)62-51(43)70/h1,4-10,13,25,32,34-36,43,59,61H,2,11-12,14-24,26-30H2,(H,62,69,70)/t34?,35?,36-,43?,56-/m0/s1. The van der Waals surface area contributed by atoms with Crippen molar-refractivity contribution in [2.45, 2.75) is 93.9 Å². The molecule has 17 nitrogen and oxygen atoms in total. The summed E-state index contributed by atoms with van der Waals surface area (Å²) < 4.78 is 44.9. The van der Waals surface area contributed by atoms with Crippen molar-refractivity contribution in [3.05, 3.63) is 95.2 Å². The minimum absolute atomic E-state index is 0.0107. The van der Waals surface area contributed by atoms with E-state index >= 15 is 8.78 Å². The maximum atomic E-state index is 17.2. The molecule has 5 atom stereocenters. The first-order valence-electron chi connectivity index (χ1n) is 26.0. The molecule has 6 fully saturated rings. The molecule has 5 amide bonds. The summed E-state index contributed by atoms with van der Waals surface area (Å²) in [5, 5.41) is 10.7. The number of ether oxygens (including phenoxy) is 2. The minimum Gasteiger partial charge on any atom is -0.461 e. The Morgan fingerprint density at radius 2 is 1.73 bits per heavy atom. The van der Waals surface area contributed by atoms with Crippen molar-refractivity contribution in [3.8, 4) is 29.6 Å². The lowest BCUT2D eigenvalue weighted by Crippen LogP contribution is -2.54. The van der Waals surface area contributed by atoms with E-state index in [4.69, 9.17) is 25.9 Å². The summed E-state index contributed by atoms with van der Waals surface area (Å²) in [7, 11) is 0. The van der Waals surface area contributed by atoms with Crippen molar-refractivity contribution in [1.29, 1.82) is 0 Å². The summed E-state index contributed by atoms with van der Waals surface area (Å²) in [6.07, 6.45) is 13.7. The number of rotatable bonds is 12. The lowest BCUT2D eigenvalue weighted by molar-refractivity contribution is -0.136. The van der Waals surface area contributed by atoms with Gasteiger partial charge in [-0.1, -0.05) is 48.4 Å². The Hall–Kier alpha value is -7.56. The number of pyridine rings is 1. The highest BCUT2D eigenvalue weighted by atomic mass is 19.1. The van der Waals surface area contributed by atoms with Gasteiger partial charge in [-0.3, -0.25) is 39.3 Å². The number of hydrogen-bond donors (Lipinski definition) is 3. The fourth-order valence-electron chi connectivity index (χ4n) is 12.9. The van der Waals surface area contributed by atoms with Gasteiger partial charge >= 0.3 is 12.1 Å². The minimum atomic E-state index is -1.04. The number of imide groups is 2. The van der Waals surface area contributed by atoms with Crippen LogP contribution in [0, 0.1) is 29.9 Å². The third-order valence-corrected chi connectivity index (χ3v) is 16.6. The molecule has 12 rings (SSSR count). The number of benzene rings is 3. The molecule has 0 spiro atoms. The van der Waals surface area contributed by atoms with Crippen LogP contribution in [0.2, 0.25) is 0 Å². The van der Waals surface area contributed by atoms with Crippen LogP contribution in [0.1, 0.15) is 90.5 Å². The average Bonchev–Trinajstić information content (AvgIpc) is 4.13. The number of likely N-dealkylation sites (tertiary alicyclic amines) is 1. The molecule has 5 aromatic rings. The van der Waals surface area contributed by atoms with E-state index in [0.29, 0.717) is 84.8 Å². The molecule has 386 valence electrons. The number of amides is 5. The Kier molecular flexibility index (Phi) is 12.4. The fraction of sp³-hybridized carbons (Fsp3) is 0.429. The molecule has 75 heavy (non-hydrogen) atoms. The highest BCUT2D eigenvalue weighted by Gasteiger charge is 2.52. The van der Waals surface area contributed by atoms with Crippen LogP contribution in [-0.2, 0) is 14.3 Å². The summed E-state index contributed by atoms with van der Waals surface area (Å²) in [5.74, 6) is -0.158. The summed E-state index contributed by atoms with van der Waals surface area (Å²) in [6.45, 7) is 8.32. The van der Waals surface area contributed by atoms with Crippen molar-refractivity contribution >= 4 is 62.9 Å². The quantitative estimate of drug-likeness (QED) is 0.0713. The van der Waals surface area contributed by atoms with Gasteiger partial charge in [-0.05, 0) is 87.3 Å². The van der Waals surface area contributed by atoms with Gasteiger partial charge in [-0.2, -0.15) is 9.97 Å². The van der Waals surface area contributed by atoms with Crippen LogP contribution in [0.15, 0.2) is 66.9 Å². The van der Waals surface area contributed by atoms with Crippen LogP contribution in [0.3, 0.4) is 0 Å². The zero-order valence-electron chi connectivity index (χ0n) is 41.3. The third kappa shape index (κ3) is 8.66. The monoisotopic (exact) mass is 1020 g/mol. The molecule has 2 bridgehead atoms. The van der Waals surface area contributed by atoms with Gasteiger partial charge in [-0.15, -0.1) is 6.42 Å². The smallest absolute Gasteiger partial charge is 0.409 e. The number of aromatic nitrogens is 3. The summed E-state index contributed by atoms with van der Waals surface area (Å²) in [4.78, 5) is 86.2. The van der Waals surface area contributed by atoms with Crippen LogP contribution in [0.4, 0.5) is 25.1 Å². The molecule has 3 N–H and O–H groups in total. The van der Waals surface area contributed by atoms with Gasteiger partial charge in [0.1, 0.15) is 42.1 Å². The van der Waals surface area contributed by atoms with Gasteiger partial charge in [0.2, 0.25) is 11.8 Å². The predicted octanol–water partition coefficient (Wildman–Crippen LogP) is 6.34. The number of carbonyl (C=O) groups is 5. The number of halogens is 2. The van der Waals surface area contributed by atoms with Gasteiger partial charge in [0.25, 0.3) is 11.8 Å². The van der Waals surface area contributed by atoms with Crippen molar-refractivity contribution in [3.63, 3.8) is 0 Å². The third-order valence-electron chi connectivity index (χ3n) is 16.6. The van der Waals surface area contributed by atoms with E-state index < -0.39 is 46.8 Å². The predicted molar refractivity (Wildman–Crippen MR) is 274 cm³/mol. The highest BCUT2D eigenvalue weighted by Crippen LogP contribution is 2.45. The van der Waals surface area contributed by atoms with Crippen molar-refractivity contribution in [2.24, 2.45) is 5.92 Å². The van der Waals surface area contributed by atoms with Gasteiger partial charge in [0.15, 0.2) is 5.82 Å². The molecule has 0 aliphatic carbocycles. The largest absolute Gasteiger partial charge is 0.461 e. The fourth-order valence-corrected chi connectivity index (χ4v) is 12.9. The van der Waals surface area contributed by atoms with E-state index in [-0.39, 0.29) is 84.2 Å². The number of fused-ring (bicyclic) bond motifs is 6. The SMILES string of the molecule is C#Cc1c(F)ccc2cccc(-c3ncc4c(N5CC6CCC(C5)N6)nc(OC[C@@]56CC[C@@H](COC(=O)N7CCC(CCNc8cccc9c8C(=O)N(C8CCC(=O)NC8=O)C9=O)CC7)N5CC(=C)C6)nc4c3F)c12. The molecule has 7 aliphatic rings. The number of nitrogens with zero attached hydrogens (tertiary/aromatic N) is 7. The normalized spacial score (nSPS) is 24.8. The second kappa shape index (κ2) is 19.3. The zero-order chi connectivity index (χ0) is 51.7. The van der Waals surface area contributed by atoms with E-state index in [0.717, 1.165) is 55.4 Å². The number of nitrogens with one attached hydrogen (secondary N) is 3. The molecule has 0 saturated carbocycles. The van der Waals surface area contributed by atoms with Crippen molar-refractivity contribution in [2.75, 3.05) is 62.7 Å². The number of piperidine rings is 2. The number of carbonyl (C=O) groups excluding carboxylic acids is 5. The Bertz CT molecular complexity index is 3270. The van der Waals surface area contributed by atoms with Gasteiger partial charge < -0.3 is 29.9 Å². The van der Waals surface area contributed by atoms with Gasteiger partial charge in [0, 0.05) is 86.6 Å². The maximum absolute atomic E-state index is 17.2. The molecule has 6 saturated heterocycles. The molecule has 3 unspecified atom stereocenters. The highest BCUT2D eigenvalue weighted by molar-refractivity contribution is 6.25. The topological polar surface area (TPSA) is 192 Å². The van der Waals surface area contributed by atoms with Crippen LogP contribution in [-0.4, -0.2) is 142 Å². The Labute approximate surface area is 431 Å². The molecular formula is C56H56F2N10O7. The number of piperazine rings is 1. The second-order valence-corrected chi connectivity index (χ2v) is 21.2. The Morgan fingerprint density at radius 1 is 0.947 bits per heavy atom. The Balaban J connectivity index is 0.688. The number of terminal acetylenes is 1. The lowest BCUT2D eigenvalue weighted by Gasteiger charge is -2.35. The molecule has 0 radical (unpaired) electrons. The molecule has 19 heteroatoms. The van der Waals surface area contributed by atoms with E-state index in [1.165, 1.54) is 6.07 Å². The van der Waals surface area contributed by atoms with Gasteiger partial charge in [0.05, 0.1) is 27.6 Å². The van der Waals surface area contributed by atoms with Crippen LogP contribution < -0.4 is 25.6 Å². The van der Waals surface area contributed by atoms with Crippen LogP contribution >= 0.6 is 0 Å². The number of hydrogen-bond acceptors (Lipinski definition) is 14. The first-order valence-corrected chi connectivity index (χ1v) is 26.0. The Morgan fingerprint density at radius 3 is 2.52 bits per heavy atom. The molecular weight excluding hydrogens is 963 g/mol. The summed E-state index contributed by atoms with van der Waals surface area (Å²) >= 11 is 0. The summed E-state index contributed by atoms with van der Waals surface area (Å²) in [6, 6.07) is 12.6. The average molecular weight is 1020 g/mol. The van der Waals surface area contributed by atoms with Gasteiger partial charge in [-0.25, -0.2) is 13.6 Å². The molecule has 7 aliphatic heterocycles. The van der Waals surface area contributed by atoms with E-state index in [9.17, 15) is 24.0 Å². The van der Waals surface area contributed by atoms with Crippen LogP contribution in [0.25, 0.3) is 32.9 Å². The van der Waals surface area contributed by atoms with Crippen molar-refractivity contribution in [1.82, 2.24) is 40.3 Å². The number of anilines is 2. The van der Waals surface area contributed by atoms with E-state index in [1.807, 2.05) is 0 Å². The molecule has 2 aromatic heterocycles. The second-order valence-electron chi connectivity index (χ2n) is 21.2. The van der Waals surface area contributed by atoms with Crippen LogP contribution in [0.5, 0.6) is 6.01 Å². The summed E-state index contributed by atoms with van der Waals surface area (Å²) in [5.41, 5.74) is 1.94. The lowest BCUT2D eigenvalue weighted by atomic mass is 9.93. The zero-order valence-corrected chi connectivity index (χ0v) is 41.3. The van der Waals surface area contributed by atoms with Crippen molar-refractivity contribution < 1.29 is 42.2 Å². The van der Waals surface area contributed by atoms with E-state index in [2.05, 4.69) is 43.2 Å². The first kappa shape index (κ1) is 48.4. The molecule has 3 aromatic carbocycles.